The van der Waals surface area contributed by atoms with E-state index in [1.54, 1.807) is 11.9 Å². The van der Waals surface area contributed by atoms with Crippen molar-refractivity contribution in [3.63, 3.8) is 0 Å². The summed E-state index contributed by atoms with van der Waals surface area (Å²) in [5.74, 6) is 0.0131. The van der Waals surface area contributed by atoms with E-state index in [-0.39, 0.29) is 17.4 Å². The smallest absolute Gasteiger partial charge is 0.264 e. The molecule has 1 aliphatic heterocycles. The van der Waals surface area contributed by atoms with E-state index in [9.17, 15) is 14.4 Å². The van der Waals surface area contributed by atoms with Gasteiger partial charge in [0.25, 0.3) is 11.5 Å². The molecular weight excluding hydrogens is 366 g/mol. The number of thiophene rings is 1. The number of carbonyl (C=O) groups is 2. The average Bonchev–Trinajstić information content (AvgIpc) is 3.39. The van der Waals surface area contributed by atoms with Crippen molar-refractivity contribution in [3.8, 4) is 0 Å². The first-order chi connectivity index (χ1) is 12.9. The fourth-order valence-corrected chi connectivity index (χ4v) is 4.48. The van der Waals surface area contributed by atoms with E-state index in [1.807, 2.05) is 6.92 Å². The van der Waals surface area contributed by atoms with Gasteiger partial charge in [-0.3, -0.25) is 19.3 Å². The molecule has 1 saturated heterocycles. The Balaban J connectivity index is 1.43. The van der Waals surface area contributed by atoms with E-state index in [2.05, 4.69) is 15.2 Å². The third-order valence-corrected chi connectivity index (χ3v) is 6.36. The summed E-state index contributed by atoms with van der Waals surface area (Å²) in [7, 11) is 1.66. The summed E-state index contributed by atoms with van der Waals surface area (Å²) >= 11 is 1.28. The van der Waals surface area contributed by atoms with E-state index < -0.39 is 0 Å². The molecule has 0 radical (unpaired) electrons. The lowest BCUT2D eigenvalue weighted by molar-refractivity contribution is -0.122. The second-order valence-corrected chi connectivity index (χ2v) is 8.31. The van der Waals surface area contributed by atoms with E-state index in [0.717, 1.165) is 12.8 Å². The Morgan fingerprint density at radius 2 is 1.96 bits per heavy atom. The highest BCUT2D eigenvalue weighted by atomic mass is 32.1. The Morgan fingerprint density at radius 1 is 1.26 bits per heavy atom. The fourth-order valence-electron chi connectivity index (χ4n) is 3.37. The fraction of sp³-hybridized carbons (Fsp3) is 0.556. The van der Waals surface area contributed by atoms with E-state index >= 15 is 0 Å². The molecule has 144 valence electrons. The number of aromatic nitrogens is 2. The number of hydrogen-bond acceptors (Lipinski definition) is 6. The number of piperazine rings is 1. The Labute approximate surface area is 160 Å². The molecule has 2 amide bonds. The third-order valence-electron chi connectivity index (χ3n) is 5.17. The minimum absolute atomic E-state index is 0.0559. The van der Waals surface area contributed by atoms with Crippen molar-refractivity contribution in [2.75, 3.05) is 32.7 Å². The van der Waals surface area contributed by atoms with Crippen LogP contribution in [0.1, 0.15) is 28.1 Å². The van der Waals surface area contributed by atoms with Crippen LogP contribution < -0.4 is 10.9 Å². The van der Waals surface area contributed by atoms with Crippen LogP contribution in [0.2, 0.25) is 0 Å². The normalized spacial score (nSPS) is 18.1. The molecule has 1 aliphatic carbocycles. The average molecular weight is 389 g/mol. The first-order valence-electron chi connectivity index (χ1n) is 9.19. The number of carbonyl (C=O) groups excluding carboxylic acids is 2. The van der Waals surface area contributed by atoms with Crippen LogP contribution in [0.4, 0.5) is 0 Å². The molecule has 1 saturated carbocycles. The minimum atomic E-state index is -0.126. The topological polar surface area (TPSA) is 87.5 Å². The molecule has 0 aromatic carbocycles. The Hall–Kier alpha value is -2.26. The molecular formula is C18H23N5O3S. The summed E-state index contributed by atoms with van der Waals surface area (Å²) in [6, 6.07) is 0.373. The molecule has 4 rings (SSSR count). The molecule has 0 bridgehead atoms. The van der Waals surface area contributed by atoms with Crippen molar-refractivity contribution in [1.29, 1.82) is 0 Å². The summed E-state index contributed by atoms with van der Waals surface area (Å²) < 4.78 is 1.43. The van der Waals surface area contributed by atoms with Crippen molar-refractivity contribution < 1.29 is 9.59 Å². The van der Waals surface area contributed by atoms with Crippen LogP contribution in [0.3, 0.4) is 0 Å². The molecule has 2 fully saturated rings. The second kappa shape index (κ2) is 7.05. The molecule has 1 N–H and O–H groups in total. The van der Waals surface area contributed by atoms with Crippen LogP contribution in [0.15, 0.2) is 11.1 Å². The maximum atomic E-state index is 13.0. The zero-order chi connectivity index (χ0) is 19.1. The first-order valence-corrected chi connectivity index (χ1v) is 10.0. The number of rotatable bonds is 4. The lowest BCUT2D eigenvalue weighted by Gasteiger charge is -2.34. The highest BCUT2D eigenvalue weighted by molar-refractivity contribution is 7.20. The maximum Gasteiger partial charge on any atom is 0.264 e. The van der Waals surface area contributed by atoms with Gasteiger partial charge in [-0.05, 0) is 25.3 Å². The number of amides is 2. The summed E-state index contributed by atoms with van der Waals surface area (Å²) in [6.07, 6.45) is 3.65. The number of aryl methyl sites for hydroxylation is 2. The Bertz CT molecular complexity index is 954. The molecule has 2 aromatic heterocycles. The van der Waals surface area contributed by atoms with Crippen LogP contribution in [0, 0.1) is 6.92 Å². The molecule has 27 heavy (non-hydrogen) atoms. The maximum absolute atomic E-state index is 13.0. The lowest BCUT2D eigenvalue weighted by atomic mass is 10.2. The zero-order valence-corrected chi connectivity index (χ0v) is 16.3. The first kappa shape index (κ1) is 18.1. The largest absolute Gasteiger partial charge is 0.352 e. The van der Waals surface area contributed by atoms with Crippen molar-refractivity contribution in [2.24, 2.45) is 7.05 Å². The number of hydrogen-bond donors (Lipinski definition) is 1. The zero-order valence-electron chi connectivity index (χ0n) is 15.5. The Morgan fingerprint density at radius 3 is 2.63 bits per heavy atom. The monoisotopic (exact) mass is 389 g/mol. The minimum Gasteiger partial charge on any atom is -0.352 e. The van der Waals surface area contributed by atoms with E-state index in [0.29, 0.717) is 59.4 Å². The second-order valence-electron chi connectivity index (χ2n) is 7.31. The van der Waals surface area contributed by atoms with Crippen LogP contribution in [0.25, 0.3) is 10.2 Å². The van der Waals surface area contributed by atoms with Gasteiger partial charge < -0.3 is 14.8 Å². The van der Waals surface area contributed by atoms with Gasteiger partial charge in [-0.15, -0.1) is 11.3 Å². The van der Waals surface area contributed by atoms with Crippen LogP contribution in [0.5, 0.6) is 0 Å². The quantitative estimate of drug-likeness (QED) is 0.815. The molecule has 0 unspecified atom stereocenters. The highest BCUT2D eigenvalue weighted by Crippen LogP contribution is 2.28. The van der Waals surface area contributed by atoms with Gasteiger partial charge in [0.15, 0.2) is 0 Å². The van der Waals surface area contributed by atoms with Crippen molar-refractivity contribution in [2.45, 2.75) is 25.8 Å². The van der Waals surface area contributed by atoms with Gasteiger partial charge in [-0.25, -0.2) is 4.98 Å². The van der Waals surface area contributed by atoms with Crippen molar-refractivity contribution >= 4 is 33.4 Å². The van der Waals surface area contributed by atoms with Gasteiger partial charge >= 0.3 is 0 Å². The highest BCUT2D eigenvalue weighted by Gasteiger charge is 2.28. The summed E-state index contributed by atoms with van der Waals surface area (Å²) in [5, 5.41) is 3.53. The third kappa shape index (κ3) is 3.61. The standard InChI is InChI=1S/C18H23N5O3S/c1-11-14-16(19-10-21(2)17(14)25)27-15(11)18(26)23-7-5-22(6-8-23)9-13(24)20-12-3-4-12/h10,12H,3-9H2,1-2H3,(H,20,24). The van der Waals surface area contributed by atoms with Gasteiger partial charge in [0.2, 0.25) is 5.91 Å². The predicted octanol–water partition coefficient (Wildman–Crippen LogP) is 0.340. The molecule has 0 atom stereocenters. The van der Waals surface area contributed by atoms with Crippen molar-refractivity contribution in [1.82, 2.24) is 24.7 Å². The SMILES string of the molecule is Cc1c(C(=O)N2CCN(CC(=O)NC3CC3)CC2)sc2ncn(C)c(=O)c12. The summed E-state index contributed by atoms with van der Waals surface area (Å²) in [6.45, 7) is 4.71. The molecule has 2 aromatic rings. The van der Waals surface area contributed by atoms with Crippen LogP contribution >= 0.6 is 11.3 Å². The van der Waals surface area contributed by atoms with Gasteiger partial charge in [0.05, 0.1) is 23.1 Å². The number of fused-ring (bicyclic) bond motifs is 1. The summed E-state index contributed by atoms with van der Waals surface area (Å²) in [4.78, 5) is 46.6. The Kier molecular flexibility index (Phi) is 4.73. The predicted molar refractivity (Wildman–Crippen MR) is 103 cm³/mol. The molecule has 3 heterocycles. The van der Waals surface area contributed by atoms with E-state index in [4.69, 9.17) is 0 Å². The van der Waals surface area contributed by atoms with E-state index in [1.165, 1.54) is 22.2 Å². The molecule has 2 aliphatic rings. The number of nitrogens with zero attached hydrogens (tertiary/aromatic N) is 4. The van der Waals surface area contributed by atoms with Gasteiger partial charge in [0.1, 0.15) is 4.83 Å². The molecule has 8 nitrogen and oxygen atoms in total. The van der Waals surface area contributed by atoms with Crippen LogP contribution in [-0.2, 0) is 11.8 Å². The van der Waals surface area contributed by atoms with Gasteiger partial charge in [-0.2, -0.15) is 0 Å². The van der Waals surface area contributed by atoms with Gasteiger partial charge in [0, 0.05) is 39.3 Å². The molecule has 9 heteroatoms. The van der Waals surface area contributed by atoms with Gasteiger partial charge in [-0.1, -0.05) is 0 Å². The summed E-state index contributed by atoms with van der Waals surface area (Å²) in [5.41, 5.74) is 0.583. The number of nitrogens with one attached hydrogen (secondary N) is 1. The van der Waals surface area contributed by atoms with Crippen LogP contribution in [-0.4, -0.2) is 69.9 Å². The van der Waals surface area contributed by atoms with Crippen molar-refractivity contribution in [3.05, 3.63) is 27.1 Å². The molecule has 0 spiro atoms. The lowest BCUT2D eigenvalue weighted by Crippen LogP contribution is -2.51.